The Morgan fingerprint density at radius 2 is 2.00 bits per heavy atom. The van der Waals surface area contributed by atoms with Gasteiger partial charge < -0.3 is 5.32 Å². The minimum absolute atomic E-state index is 0.0444. The number of hydrogen-bond donors (Lipinski definition) is 1. The quantitative estimate of drug-likeness (QED) is 0.753. The zero-order valence-electron chi connectivity index (χ0n) is 17.5. The minimum Gasteiger partial charge on any atom is -0.325 e. The smallest absolute Gasteiger partial charge is 0.237 e. The summed E-state index contributed by atoms with van der Waals surface area (Å²) in [5, 5.41) is 12.2. The number of aryl methyl sites for hydroxylation is 2. The van der Waals surface area contributed by atoms with Gasteiger partial charge in [-0.3, -0.25) is 4.79 Å². The van der Waals surface area contributed by atoms with E-state index in [-0.39, 0.29) is 22.0 Å². The van der Waals surface area contributed by atoms with Crippen LogP contribution in [0.4, 0.5) is 5.69 Å². The second kappa shape index (κ2) is 6.55. The number of anilines is 1. The van der Waals surface area contributed by atoms with Crippen LogP contribution in [-0.4, -0.2) is 26.3 Å². The van der Waals surface area contributed by atoms with Gasteiger partial charge in [-0.2, -0.15) is 5.10 Å². The van der Waals surface area contributed by atoms with E-state index in [1.165, 1.54) is 17.3 Å². The molecule has 1 N–H and O–H groups in total. The monoisotopic (exact) mass is 396 g/mol. The predicted octanol–water partition coefficient (Wildman–Crippen LogP) is 4.78. The standard InChI is InChI=1S/C22H28N4OS/c1-12-7-8-16(13(2)11-12)23-19(27)14(3)28-20-24-18-17(25-26-20)15-9-10-22(18,6)21(15,4)5/h7-8,11,14-15H,9-10H2,1-6H3,(H,23,27). The molecule has 148 valence electrons. The number of aromatic nitrogens is 3. The fraction of sp³-hybridized carbons (Fsp3) is 0.545. The fourth-order valence-electron chi connectivity index (χ4n) is 4.81. The SMILES string of the molecule is Cc1ccc(NC(=O)C(C)Sc2nnc3c(n2)C2(C)CCC3C2(C)C)c(C)c1. The first-order valence-electron chi connectivity index (χ1n) is 9.93. The van der Waals surface area contributed by atoms with Crippen molar-refractivity contribution in [2.24, 2.45) is 5.41 Å². The molecule has 0 aliphatic heterocycles. The van der Waals surface area contributed by atoms with E-state index in [1.54, 1.807) is 0 Å². The molecule has 6 heteroatoms. The number of thioether (sulfide) groups is 1. The summed E-state index contributed by atoms with van der Waals surface area (Å²) in [6.07, 6.45) is 2.30. The molecule has 1 amide bonds. The van der Waals surface area contributed by atoms with Crippen LogP contribution in [0.25, 0.3) is 0 Å². The van der Waals surface area contributed by atoms with E-state index < -0.39 is 0 Å². The minimum atomic E-state index is -0.306. The summed E-state index contributed by atoms with van der Waals surface area (Å²) < 4.78 is 0. The molecule has 5 nitrogen and oxygen atoms in total. The lowest BCUT2D eigenvalue weighted by atomic mass is 9.70. The molecule has 1 aromatic carbocycles. The van der Waals surface area contributed by atoms with Gasteiger partial charge in [0.05, 0.1) is 16.6 Å². The molecule has 2 aliphatic carbocycles. The van der Waals surface area contributed by atoms with Crippen LogP contribution in [0.5, 0.6) is 0 Å². The Kier molecular flexibility index (Phi) is 4.53. The Morgan fingerprint density at radius 1 is 1.25 bits per heavy atom. The maximum atomic E-state index is 12.7. The van der Waals surface area contributed by atoms with Crippen LogP contribution in [0.15, 0.2) is 23.4 Å². The molecule has 1 saturated carbocycles. The third-order valence-corrected chi connectivity index (χ3v) is 8.01. The van der Waals surface area contributed by atoms with Crippen molar-refractivity contribution in [2.75, 3.05) is 5.32 Å². The van der Waals surface area contributed by atoms with Crippen LogP contribution >= 0.6 is 11.8 Å². The number of nitrogens with zero attached hydrogens (tertiary/aromatic N) is 3. The van der Waals surface area contributed by atoms with E-state index in [4.69, 9.17) is 4.98 Å². The van der Waals surface area contributed by atoms with Crippen molar-refractivity contribution in [3.8, 4) is 0 Å². The van der Waals surface area contributed by atoms with Gasteiger partial charge in [0.1, 0.15) is 0 Å². The van der Waals surface area contributed by atoms with Crippen molar-refractivity contribution in [1.29, 1.82) is 0 Å². The maximum Gasteiger partial charge on any atom is 0.237 e. The first kappa shape index (κ1) is 19.4. The second-order valence-corrected chi connectivity index (χ2v) is 10.3. The zero-order valence-corrected chi connectivity index (χ0v) is 18.3. The third-order valence-electron chi connectivity index (χ3n) is 7.06. The van der Waals surface area contributed by atoms with Crippen LogP contribution in [0.2, 0.25) is 0 Å². The largest absolute Gasteiger partial charge is 0.325 e. The third kappa shape index (κ3) is 2.84. The van der Waals surface area contributed by atoms with Gasteiger partial charge in [-0.25, -0.2) is 4.98 Å². The van der Waals surface area contributed by atoms with E-state index in [9.17, 15) is 4.79 Å². The molecule has 1 fully saturated rings. The molecule has 4 rings (SSSR count). The van der Waals surface area contributed by atoms with Crippen molar-refractivity contribution in [1.82, 2.24) is 15.2 Å². The van der Waals surface area contributed by atoms with Crippen molar-refractivity contribution in [3.05, 3.63) is 40.7 Å². The number of rotatable bonds is 4. The van der Waals surface area contributed by atoms with Gasteiger partial charge in [0.15, 0.2) is 0 Å². The molecular formula is C22H28N4OS. The molecule has 3 unspecified atom stereocenters. The molecule has 2 aromatic rings. The van der Waals surface area contributed by atoms with E-state index >= 15 is 0 Å². The summed E-state index contributed by atoms with van der Waals surface area (Å²) >= 11 is 1.38. The Morgan fingerprint density at radius 3 is 2.71 bits per heavy atom. The Hall–Kier alpha value is -1.95. The number of carbonyl (C=O) groups excluding carboxylic acids is 1. The lowest BCUT2D eigenvalue weighted by Crippen LogP contribution is -2.32. The highest BCUT2D eigenvalue weighted by atomic mass is 32.2. The van der Waals surface area contributed by atoms with Crippen LogP contribution in [0.3, 0.4) is 0 Å². The van der Waals surface area contributed by atoms with Crippen LogP contribution < -0.4 is 5.32 Å². The predicted molar refractivity (Wildman–Crippen MR) is 113 cm³/mol. The Balaban J connectivity index is 1.51. The van der Waals surface area contributed by atoms with Gasteiger partial charge in [-0.15, -0.1) is 5.10 Å². The maximum absolute atomic E-state index is 12.7. The summed E-state index contributed by atoms with van der Waals surface area (Å²) in [4.78, 5) is 17.5. The molecule has 2 bridgehead atoms. The summed E-state index contributed by atoms with van der Waals surface area (Å²) in [7, 11) is 0. The summed E-state index contributed by atoms with van der Waals surface area (Å²) in [5.41, 5.74) is 5.45. The van der Waals surface area contributed by atoms with E-state index in [0.29, 0.717) is 11.1 Å². The Bertz CT molecular complexity index is 958. The number of hydrogen-bond acceptors (Lipinski definition) is 5. The molecule has 0 saturated heterocycles. The number of nitrogens with one attached hydrogen (secondary N) is 1. The molecule has 28 heavy (non-hydrogen) atoms. The first-order chi connectivity index (χ1) is 13.1. The zero-order chi connectivity index (χ0) is 20.3. The van der Waals surface area contributed by atoms with E-state index in [1.807, 2.05) is 32.9 Å². The van der Waals surface area contributed by atoms with Gasteiger partial charge in [0, 0.05) is 17.0 Å². The highest BCUT2D eigenvalue weighted by molar-refractivity contribution is 8.00. The number of benzene rings is 1. The van der Waals surface area contributed by atoms with Crippen molar-refractivity contribution in [2.45, 2.75) is 76.1 Å². The first-order valence-corrected chi connectivity index (χ1v) is 10.8. The topological polar surface area (TPSA) is 67.8 Å². The molecule has 1 heterocycles. The van der Waals surface area contributed by atoms with Crippen LogP contribution in [0, 0.1) is 19.3 Å². The normalized spacial score (nSPS) is 25.4. The lowest BCUT2D eigenvalue weighted by Gasteiger charge is -2.34. The van der Waals surface area contributed by atoms with Crippen molar-refractivity contribution < 1.29 is 4.79 Å². The average molecular weight is 397 g/mol. The van der Waals surface area contributed by atoms with Gasteiger partial charge in [-0.1, -0.05) is 50.2 Å². The number of carbonyl (C=O) groups is 1. The van der Waals surface area contributed by atoms with Gasteiger partial charge in [-0.05, 0) is 50.7 Å². The van der Waals surface area contributed by atoms with E-state index in [0.717, 1.165) is 35.5 Å². The molecule has 1 aromatic heterocycles. The molecular weight excluding hydrogens is 368 g/mol. The van der Waals surface area contributed by atoms with Crippen molar-refractivity contribution in [3.63, 3.8) is 0 Å². The lowest BCUT2D eigenvalue weighted by molar-refractivity contribution is -0.115. The molecule has 2 aliphatic rings. The molecule has 3 atom stereocenters. The number of amides is 1. The van der Waals surface area contributed by atoms with Crippen molar-refractivity contribution >= 4 is 23.4 Å². The highest BCUT2D eigenvalue weighted by Gasteiger charge is 2.61. The summed E-state index contributed by atoms with van der Waals surface area (Å²) in [5.74, 6) is 0.394. The summed E-state index contributed by atoms with van der Waals surface area (Å²) in [6, 6.07) is 6.02. The van der Waals surface area contributed by atoms with Gasteiger partial charge in [0.25, 0.3) is 0 Å². The van der Waals surface area contributed by atoms with Gasteiger partial charge in [0.2, 0.25) is 11.1 Å². The average Bonchev–Trinajstić information content (AvgIpc) is 2.96. The molecule has 0 radical (unpaired) electrons. The number of fused-ring (bicyclic) bond motifs is 5. The second-order valence-electron chi connectivity index (χ2n) is 9.04. The van der Waals surface area contributed by atoms with Crippen LogP contribution in [0.1, 0.15) is 69.0 Å². The molecule has 0 spiro atoms. The summed E-state index contributed by atoms with van der Waals surface area (Å²) in [6.45, 7) is 12.9. The fourth-order valence-corrected chi connectivity index (χ4v) is 5.53. The Labute approximate surface area is 171 Å². The highest BCUT2D eigenvalue weighted by Crippen LogP contribution is 2.66. The van der Waals surface area contributed by atoms with Crippen LogP contribution in [-0.2, 0) is 10.2 Å². The van der Waals surface area contributed by atoms with E-state index in [2.05, 4.69) is 42.4 Å². The van der Waals surface area contributed by atoms with Gasteiger partial charge >= 0.3 is 0 Å².